The third kappa shape index (κ3) is 3.05. The van der Waals surface area contributed by atoms with Crippen LogP contribution in [-0.4, -0.2) is 16.0 Å². The summed E-state index contributed by atoms with van der Waals surface area (Å²) < 4.78 is 6.29. The first-order valence-corrected chi connectivity index (χ1v) is 6.51. The van der Waals surface area contributed by atoms with Crippen molar-refractivity contribution in [3.05, 3.63) is 61.7 Å². The normalized spacial score (nSPS) is 10.1. The van der Waals surface area contributed by atoms with Crippen molar-refractivity contribution < 1.29 is 19.6 Å². The molecule has 0 radical (unpaired) electrons. The third-order valence-electron chi connectivity index (χ3n) is 2.44. The van der Waals surface area contributed by atoms with Crippen molar-refractivity contribution in [1.29, 1.82) is 0 Å². The van der Waals surface area contributed by atoms with E-state index in [0.29, 0.717) is 5.75 Å². The first-order valence-electron chi connectivity index (χ1n) is 5.43. The number of carbonyl (C=O) groups is 1. The van der Waals surface area contributed by atoms with Crippen LogP contribution in [0, 0.1) is 13.7 Å². The maximum absolute atomic E-state index is 11.1. The van der Waals surface area contributed by atoms with Gasteiger partial charge >= 0.3 is 11.7 Å². The van der Waals surface area contributed by atoms with Crippen molar-refractivity contribution in [1.82, 2.24) is 0 Å². The summed E-state index contributed by atoms with van der Waals surface area (Å²) in [6, 6.07) is 10.6. The summed E-state index contributed by atoms with van der Waals surface area (Å²) in [5.74, 6) is -1.21. The van der Waals surface area contributed by atoms with E-state index in [1.54, 1.807) is 18.2 Å². The van der Waals surface area contributed by atoms with Crippen LogP contribution in [0.4, 0.5) is 5.69 Å². The zero-order valence-corrected chi connectivity index (χ0v) is 12.1. The molecule has 0 heterocycles. The number of nitro benzene ring substituents is 1. The van der Waals surface area contributed by atoms with Crippen molar-refractivity contribution in [2.24, 2.45) is 0 Å². The molecule has 2 aromatic rings. The number of carboxylic acids is 1. The van der Waals surface area contributed by atoms with Gasteiger partial charge in [0.05, 0.1) is 4.92 Å². The van der Waals surface area contributed by atoms with Crippen LogP contribution in [0.5, 0.6) is 11.5 Å². The molecule has 102 valence electrons. The van der Waals surface area contributed by atoms with Gasteiger partial charge in [0.1, 0.15) is 11.3 Å². The molecule has 0 saturated carbocycles. The molecule has 20 heavy (non-hydrogen) atoms. The number of carboxylic acid groups (broad SMARTS) is 1. The number of nitrogens with zero attached hydrogens (tertiary/aromatic N) is 1. The highest BCUT2D eigenvalue weighted by molar-refractivity contribution is 14.1. The van der Waals surface area contributed by atoms with Crippen LogP contribution in [0.2, 0.25) is 0 Å². The molecular formula is C13H8INO5. The van der Waals surface area contributed by atoms with Gasteiger partial charge in [-0.05, 0) is 46.9 Å². The number of nitro groups is 1. The van der Waals surface area contributed by atoms with Gasteiger partial charge in [-0.25, -0.2) is 4.79 Å². The average molecular weight is 385 g/mol. The topological polar surface area (TPSA) is 89.7 Å². The fourth-order valence-electron chi connectivity index (χ4n) is 1.59. The molecule has 2 rings (SSSR count). The van der Waals surface area contributed by atoms with Crippen LogP contribution in [-0.2, 0) is 0 Å². The lowest BCUT2D eigenvalue weighted by molar-refractivity contribution is -0.385. The van der Waals surface area contributed by atoms with Gasteiger partial charge in [-0.2, -0.15) is 0 Å². The Bertz CT molecular complexity index is 654. The van der Waals surface area contributed by atoms with E-state index in [1.807, 2.05) is 6.07 Å². The Labute approximate surface area is 127 Å². The Hall–Kier alpha value is -2.16. The van der Waals surface area contributed by atoms with Crippen LogP contribution >= 0.6 is 22.6 Å². The molecule has 2 aromatic carbocycles. The predicted octanol–water partition coefficient (Wildman–Crippen LogP) is 3.69. The van der Waals surface area contributed by atoms with Crippen molar-refractivity contribution in [2.75, 3.05) is 0 Å². The standard InChI is InChI=1S/C13H8INO5/c14-8-3-1-4-9(7-8)20-12-10(13(16)17)5-2-6-11(12)15(18)19/h1-7H,(H,16,17). The fourth-order valence-corrected chi connectivity index (χ4v) is 2.11. The van der Waals surface area contributed by atoms with Gasteiger partial charge in [-0.1, -0.05) is 12.1 Å². The number of hydrogen-bond acceptors (Lipinski definition) is 4. The maximum atomic E-state index is 11.1. The lowest BCUT2D eigenvalue weighted by Crippen LogP contribution is -2.03. The summed E-state index contributed by atoms with van der Waals surface area (Å²) in [5.41, 5.74) is -0.637. The van der Waals surface area contributed by atoms with Gasteiger partial charge in [0.25, 0.3) is 0 Å². The highest BCUT2D eigenvalue weighted by Gasteiger charge is 2.23. The van der Waals surface area contributed by atoms with Crippen LogP contribution < -0.4 is 4.74 Å². The summed E-state index contributed by atoms with van der Waals surface area (Å²) in [5, 5.41) is 20.1. The summed E-state index contributed by atoms with van der Waals surface area (Å²) in [7, 11) is 0. The van der Waals surface area contributed by atoms with Crippen LogP contribution in [0.1, 0.15) is 10.4 Å². The molecule has 0 amide bonds. The molecule has 0 bridgehead atoms. The minimum Gasteiger partial charge on any atom is -0.478 e. The minimum atomic E-state index is -1.28. The Morgan fingerprint density at radius 1 is 1.25 bits per heavy atom. The Morgan fingerprint density at radius 2 is 1.95 bits per heavy atom. The summed E-state index contributed by atoms with van der Waals surface area (Å²) in [6.45, 7) is 0. The quantitative estimate of drug-likeness (QED) is 0.493. The lowest BCUT2D eigenvalue weighted by Gasteiger charge is -2.09. The van der Waals surface area contributed by atoms with Crippen molar-refractivity contribution in [3.8, 4) is 11.5 Å². The average Bonchev–Trinajstić information content (AvgIpc) is 2.38. The molecule has 0 fully saturated rings. The van der Waals surface area contributed by atoms with E-state index in [2.05, 4.69) is 22.6 Å². The molecule has 0 aliphatic carbocycles. The molecule has 0 aliphatic rings. The third-order valence-corrected chi connectivity index (χ3v) is 3.11. The van der Waals surface area contributed by atoms with Crippen LogP contribution in [0.25, 0.3) is 0 Å². The minimum absolute atomic E-state index is 0.252. The molecule has 6 nitrogen and oxygen atoms in total. The summed E-state index contributed by atoms with van der Waals surface area (Å²) in [4.78, 5) is 21.5. The molecule has 0 unspecified atom stereocenters. The SMILES string of the molecule is O=C(O)c1cccc([N+](=O)[O-])c1Oc1cccc(I)c1. The molecule has 0 aliphatic heterocycles. The molecule has 7 heteroatoms. The predicted molar refractivity (Wildman–Crippen MR) is 79.3 cm³/mol. The van der Waals surface area contributed by atoms with E-state index in [1.165, 1.54) is 18.2 Å². The van der Waals surface area contributed by atoms with Gasteiger partial charge in [-0.15, -0.1) is 0 Å². The van der Waals surface area contributed by atoms with E-state index in [4.69, 9.17) is 9.84 Å². The largest absolute Gasteiger partial charge is 0.478 e. The summed E-state index contributed by atoms with van der Waals surface area (Å²) >= 11 is 2.06. The van der Waals surface area contributed by atoms with Gasteiger partial charge in [-0.3, -0.25) is 10.1 Å². The van der Waals surface area contributed by atoms with Gasteiger partial charge in [0.2, 0.25) is 5.75 Å². The summed E-state index contributed by atoms with van der Waals surface area (Å²) in [6.07, 6.45) is 0. The van der Waals surface area contributed by atoms with Gasteiger partial charge in [0.15, 0.2) is 0 Å². The van der Waals surface area contributed by atoms with E-state index < -0.39 is 10.9 Å². The van der Waals surface area contributed by atoms with Crippen molar-refractivity contribution in [2.45, 2.75) is 0 Å². The van der Waals surface area contributed by atoms with E-state index >= 15 is 0 Å². The number of ether oxygens (including phenoxy) is 1. The van der Waals surface area contributed by atoms with Crippen LogP contribution in [0.3, 0.4) is 0 Å². The molecule has 0 saturated heterocycles. The van der Waals surface area contributed by atoms with E-state index in [-0.39, 0.29) is 17.0 Å². The molecule has 0 spiro atoms. The monoisotopic (exact) mass is 385 g/mol. The van der Waals surface area contributed by atoms with E-state index in [9.17, 15) is 14.9 Å². The zero-order chi connectivity index (χ0) is 14.7. The molecule has 0 atom stereocenters. The maximum Gasteiger partial charge on any atom is 0.339 e. The van der Waals surface area contributed by atoms with Crippen molar-refractivity contribution >= 4 is 34.2 Å². The lowest BCUT2D eigenvalue weighted by atomic mass is 10.1. The fraction of sp³-hybridized carbons (Fsp3) is 0. The highest BCUT2D eigenvalue weighted by Crippen LogP contribution is 2.35. The Balaban J connectivity index is 2.53. The number of rotatable bonds is 4. The molecular weight excluding hydrogens is 377 g/mol. The smallest absolute Gasteiger partial charge is 0.339 e. The first-order chi connectivity index (χ1) is 9.49. The second-order valence-corrected chi connectivity index (χ2v) is 5.02. The van der Waals surface area contributed by atoms with Crippen LogP contribution in [0.15, 0.2) is 42.5 Å². The Kier molecular flexibility index (Phi) is 4.18. The second-order valence-electron chi connectivity index (χ2n) is 3.78. The molecule has 0 aromatic heterocycles. The highest BCUT2D eigenvalue weighted by atomic mass is 127. The molecule has 1 N–H and O–H groups in total. The van der Waals surface area contributed by atoms with Crippen molar-refractivity contribution in [3.63, 3.8) is 0 Å². The van der Waals surface area contributed by atoms with Gasteiger partial charge < -0.3 is 9.84 Å². The first kappa shape index (κ1) is 14.3. The Morgan fingerprint density at radius 3 is 2.55 bits per heavy atom. The number of benzene rings is 2. The number of halogens is 1. The van der Waals surface area contributed by atoms with E-state index in [0.717, 1.165) is 3.57 Å². The number of para-hydroxylation sites is 1. The number of hydrogen-bond donors (Lipinski definition) is 1. The number of aromatic carboxylic acids is 1. The zero-order valence-electron chi connectivity index (χ0n) is 9.95. The van der Waals surface area contributed by atoms with Gasteiger partial charge in [0, 0.05) is 9.64 Å². The second kappa shape index (κ2) is 5.87.